The van der Waals surface area contributed by atoms with Crippen molar-refractivity contribution in [3.05, 3.63) is 35.4 Å². The van der Waals surface area contributed by atoms with Gasteiger partial charge in [0.25, 0.3) is 0 Å². The number of carbonyl (C=O) groups is 2. The zero-order valence-corrected chi connectivity index (χ0v) is 21.4. The van der Waals surface area contributed by atoms with Gasteiger partial charge in [0.1, 0.15) is 6.10 Å². The van der Waals surface area contributed by atoms with E-state index in [1.807, 2.05) is 12.1 Å². The Kier molecular flexibility index (Phi) is 14.0. The molecule has 1 aromatic carbocycles. The molecule has 1 aromatic rings. The van der Waals surface area contributed by atoms with Crippen molar-refractivity contribution < 1.29 is 27.5 Å². The number of aryl methyl sites for hydroxylation is 1. The van der Waals surface area contributed by atoms with Crippen LogP contribution in [0, 0.1) is 0 Å². The molecular formula is C25H41NO6S. The van der Waals surface area contributed by atoms with Gasteiger partial charge < -0.3 is 9.47 Å². The van der Waals surface area contributed by atoms with Gasteiger partial charge >= 0.3 is 11.9 Å². The van der Waals surface area contributed by atoms with Gasteiger partial charge in [-0.3, -0.25) is 4.79 Å². The Labute approximate surface area is 199 Å². The molecule has 0 fully saturated rings. The minimum Gasteiger partial charge on any atom is -0.463 e. The summed E-state index contributed by atoms with van der Waals surface area (Å²) < 4.78 is 38.1. The van der Waals surface area contributed by atoms with Crippen LogP contribution in [0.1, 0.15) is 95.0 Å². The Morgan fingerprint density at radius 1 is 0.970 bits per heavy atom. The largest absolute Gasteiger partial charge is 0.463 e. The van der Waals surface area contributed by atoms with Crippen LogP contribution in [0.3, 0.4) is 0 Å². The molecule has 0 saturated heterocycles. The second-order valence-electron chi connectivity index (χ2n) is 8.43. The van der Waals surface area contributed by atoms with Gasteiger partial charge in [-0.2, -0.15) is 0 Å². The summed E-state index contributed by atoms with van der Waals surface area (Å²) in [5.74, 6) is -0.625. The van der Waals surface area contributed by atoms with Crippen LogP contribution in [0.15, 0.2) is 24.3 Å². The number of nitrogens with one attached hydrogen (secondary N) is 1. The lowest BCUT2D eigenvalue weighted by atomic mass is 10.0. The normalized spacial score (nSPS) is 13.3. The van der Waals surface area contributed by atoms with Gasteiger partial charge in [-0.1, -0.05) is 31.9 Å². The van der Waals surface area contributed by atoms with Gasteiger partial charge in [-0.25, -0.2) is 17.9 Å². The van der Waals surface area contributed by atoms with E-state index < -0.39 is 15.3 Å². The number of unbranched alkanes of at least 4 members (excludes halogenated alkanes) is 2. The molecule has 0 radical (unpaired) electrons. The Bertz CT molecular complexity index is 807. The summed E-state index contributed by atoms with van der Waals surface area (Å²) >= 11 is 0. The first-order valence-electron chi connectivity index (χ1n) is 12.1. The van der Waals surface area contributed by atoms with Crippen LogP contribution in [-0.4, -0.2) is 44.9 Å². The molecule has 0 saturated carbocycles. The molecule has 0 bridgehead atoms. The molecule has 8 heteroatoms. The zero-order chi connectivity index (χ0) is 24.7. The third kappa shape index (κ3) is 12.2. The van der Waals surface area contributed by atoms with Crippen LogP contribution in [0.4, 0.5) is 0 Å². The van der Waals surface area contributed by atoms with Crippen molar-refractivity contribution in [3.63, 3.8) is 0 Å². The highest BCUT2D eigenvalue weighted by molar-refractivity contribution is 7.90. The SMILES string of the molecule is CCCCCC(CCCC(C)S(=O)(=O)NCCCc1ccc(C(=O)OCC)cc1)OC(C)=O. The number of esters is 2. The number of hydrogen-bond donors (Lipinski definition) is 1. The lowest BCUT2D eigenvalue weighted by molar-refractivity contribution is -0.147. The third-order valence-electron chi connectivity index (χ3n) is 5.54. The second kappa shape index (κ2) is 15.8. The summed E-state index contributed by atoms with van der Waals surface area (Å²) in [6.07, 6.45) is 7.18. The van der Waals surface area contributed by atoms with Crippen molar-refractivity contribution in [3.8, 4) is 0 Å². The lowest BCUT2D eigenvalue weighted by Gasteiger charge is -2.18. The van der Waals surface area contributed by atoms with Gasteiger partial charge in [-0.05, 0) is 76.5 Å². The van der Waals surface area contributed by atoms with Crippen LogP contribution in [0.5, 0.6) is 0 Å². The van der Waals surface area contributed by atoms with E-state index in [2.05, 4.69) is 11.6 Å². The highest BCUT2D eigenvalue weighted by Crippen LogP contribution is 2.17. The summed E-state index contributed by atoms with van der Waals surface area (Å²) in [6.45, 7) is 7.72. The molecule has 0 aromatic heterocycles. The quantitative estimate of drug-likeness (QED) is 0.253. The topological polar surface area (TPSA) is 98.8 Å². The molecule has 0 aliphatic heterocycles. The number of carbonyl (C=O) groups excluding carboxylic acids is 2. The highest BCUT2D eigenvalue weighted by atomic mass is 32.2. The Balaban J connectivity index is 2.37. The van der Waals surface area contributed by atoms with Crippen molar-refractivity contribution >= 4 is 22.0 Å². The maximum Gasteiger partial charge on any atom is 0.338 e. The average Bonchev–Trinajstić information content (AvgIpc) is 2.77. The standard InChI is InChI=1S/C25H41NO6S/c1-5-7-8-13-24(32-21(4)27)14-9-11-20(3)33(29,30)26-19-10-12-22-15-17-23(18-16-22)25(28)31-6-2/h15-18,20,24,26H,5-14,19H2,1-4H3. The zero-order valence-electron chi connectivity index (χ0n) is 20.6. The van der Waals surface area contributed by atoms with E-state index in [9.17, 15) is 18.0 Å². The van der Waals surface area contributed by atoms with Gasteiger partial charge in [0, 0.05) is 13.5 Å². The van der Waals surface area contributed by atoms with Crippen LogP contribution in [0.2, 0.25) is 0 Å². The lowest BCUT2D eigenvalue weighted by Crippen LogP contribution is -2.33. The molecule has 0 aliphatic rings. The van der Waals surface area contributed by atoms with Gasteiger partial charge in [0.05, 0.1) is 17.4 Å². The smallest absolute Gasteiger partial charge is 0.338 e. The molecule has 1 N–H and O–H groups in total. The fourth-order valence-electron chi connectivity index (χ4n) is 3.58. The molecule has 1 rings (SSSR count). The molecule has 188 valence electrons. The number of sulfonamides is 1. The maximum absolute atomic E-state index is 12.5. The summed E-state index contributed by atoms with van der Waals surface area (Å²) in [5, 5.41) is -0.505. The molecule has 2 unspecified atom stereocenters. The van der Waals surface area contributed by atoms with Crippen molar-refractivity contribution in [2.75, 3.05) is 13.2 Å². The van der Waals surface area contributed by atoms with Gasteiger partial charge in [0.2, 0.25) is 10.0 Å². The Morgan fingerprint density at radius 3 is 2.24 bits per heavy atom. The van der Waals surface area contributed by atoms with Crippen molar-refractivity contribution in [2.24, 2.45) is 0 Å². The van der Waals surface area contributed by atoms with E-state index in [1.165, 1.54) is 6.92 Å². The summed E-state index contributed by atoms with van der Waals surface area (Å²) in [7, 11) is -3.40. The minimum absolute atomic E-state index is 0.132. The van der Waals surface area contributed by atoms with E-state index in [0.717, 1.165) is 31.2 Å². The minimum atomic E-state index is -3.40. The Morgan fingerprint density at radius 2 is 1.64 bits per heavy atom. The van der Waals surface area contributed by atoms with E-state index in [0.29, 0.717) is 50.8 Å². The maximum atomic E-state index is 12.5. The van der Waals surface area contributed by atoms with Gasteiger partial charge in [0.15, 0.2) is 0 Å². The monoisotopic (exact) mass is 483 g/mol. The molecule has 7 nitrogen and oxygen atoms in total. The van der Waals surface area contributed by atoms with Crippen LogP contribution in [-0.2, 0) is 30.7 Å². The molecular weight excluding hydrogens is 442 g/mol. The molecule has 0 amide bonds. The highest BCUT2D eigenvalue weighted by Gasteiger charge is 2.21. The summed E-state index contributed by atoms with van der Waals surface area (Å²) in [4.78, 5) is 23.0. The van der Waals surface area contributed by atoms with E-state index in [-0.39, 0.29) is 18.0 Å². The molecule has 0 aliphatic carbocycles. The van der Waals surface area contributed by atoms with E-state index in [4.69, 9.17) is 9.47 Å². The molecule has 2 atom stereocenters. The second-order valence-corrected chi connectivity index (χ2v) is 10.6. The average molecular weight is 484 g/mol. The fraction of sp³-hybridized carbons (Fsp3) is 0.680. The van der Waals surface area contributed by atoms with E-state index in [1.54, 1.807) is 26.0 Å². The summed E-state index contributed by atoms with van der Waals surface area (Å²) in [6, 6.07) is 7.18. The van der Waals surface area contributed by atoms with Crippen LogP contribution in [0.25, 0.3) is 0 Å². The van der Waals surface area contributed by atoms with Crippen molar-refractivity contribution in [2.45, 2.75) is 96.8 Å². The predicted molar refractivity (Wildman–Crippen MR) is 131 cm³/mol. The van der Waals surface area contributed by atoms with Crippen LogP contribution < -0.4 is 4.72 Å². The van der Waals surface area contributed by atoms with Gasteiger partial charge in [-0.15, -0.1) is 0 Å². The van der Waals surface area contributed by atoms with E-state index >= 15 is 0 Å². The van der Waals surface area contributed by atoms with Crippen molar-refractivity contribution in [1.82, 2.24) is 4.72 Å². The number of benzene rings is 1. The van der Waals surface area contributed by atoms with Crippen molar-refractivity contribution in [1.29, 1.82) is 0 Å². The summed E-state index contributed by atoms with van der Waals surface area (Å²) in [5.41, 5.74) is 1.55. The number of rotatable bonds is 17. The molecule has 0 spiro atoms. The molecule has 0 heterocycles. The first kappa shape index (κ1) is 29.1. The first-order valence-corrected chi connectivity index (χ1v) is 13.7. The fourth-order valence-corrected chi connectivity index (χ4v) is 4.77. The van der Waals surface area contributed by atoms with Crippen LogP contribution >= 0.6 is 0 Å². The molecule has 33 heavy (non-hydrogen) atoms. The number of ether oxygens (including phenoxy) is 2. The Hall–Kier alpha value is -1.93. The predicted octanol–water partition coefficient (Wildman–Crippen LogP) is 4.79. The first-order chi connectivity index (χ1) is 15.7. The number of hydrogen-bond acceptors (Lipinski definition) is 6. The third-order valence-corrected chi connectivity index (χ3v) is 7.44.